The van der Waals surface area contributed by atoms with Crippen LogP contribution in [0.2, 0.25) is 5.02 Å². The summed E-state index contributed by atoms with van der Waals surface area (Å²) < 4.78 is 20.6. The molecule has 0 amide bonds. The van der Waals surface area contributed by atoms with Crippen LogP contribution in [-0.4, -0.2) is 21.9 Å². The van der Waals surface area contributed by atoms with Crippen LogP contribution in [0.5, 0.6) is 5.75 Å². The maximum atomic E-state index is 13.6. The summed E-state index contributed by atoms with van der Waals surface area (Å²) in [4.78, 5) is 4.51. The Balaban J connectivity index is 1.62. The summed E-state index contributed by atoms with van der Waals surface area (Å²) in [5.74, 6) is -0.186. The first-order valence-electron chi connectivity index (χ1n) is 8.45. The molecule has 6 heteroatoms. The summed E-state index contributed by atoms with van der Waals surface area (Å²) in [5, 5.41) is 6.20. The first kappa shape index (κ1) is 17.5. The van der Waals surface area contributed by atoms with Gasteiger partial charge in [0.15, 0.2) is 11.6 Å². The lowest BCUT2D eigenvalue weighted by Crippen LogP contribution is -2.03. The summed E-state index contributed by atoms with van der Waals surface area (Å²) in [7, 11) is 1.45. The molecule has 2 aromatic heterocycles. The van der Waals surface area contributed by atoms with Gasteiger partial charge in [0.1, 0.15) is 0 Å². The van der Waals surface area contributed by atoms with E-state index in [4.69, 9.17) is 16.3 Å². The molecule has 0 N–H and O–H groups in total. The smallest absolute Gasteiger partial charge is 0.165 e. The molecule has 0 radical (unpaired) electrons. The highest BCUT2D eigenvalue weighted by atomic mass is 35.5. The van der Waals surface area contributed by atoms with Crippen molar-refractivity contribution in [2.45, 2.75) is 13.5 Å². The number of aryl methyl sites for hydroxylation is 1. The van der Waals surface area contributed by atoms with Gasteiger partial charge in [-0.15, -0.1) is 0 Å². The molecule has 0 aliphatic rings. The monoisotopic (exact) mass is 381 g/mol. The Labute approximate surface area is 161 Å². The number of hydrogen-bond acceptors (Lipinski definition) is 3. The van der Waals surface area contributed by atoms with Gasteiger partial charge in [-0.1, -0.05) is 17.7 Å². The zero-order valence-electron chi connectivity index (χ0n) is 14.9. The molecule has 27 heavy (non-hydrogen) atoms. The van der Waals surface area contributed by atoms with Crippen molar-refractivity contribution in [2.24, 2.45) is 0 Å². The summed E-state index contributed by atoms with van der Waals surface area (Å²) >= 11 is 6.12. The van der Waals surface area contributed by atoms with Crippen molar-refractivity contribution in [3.8, 4) is 17.0 Å². The Morgan fingerprint density at radius 1 is 1.11 bits per heavy atom. The molecule has 4 aromatic rings. The Bertz CT molecular complexity index is 1120. The maximum absolute atomic E-state index is 13.6. The van der Waals surface area contributed by atoms with Crippen LogP contribution in [0.4, 0.5) is 4.39 Å². The van der Waals surface area contributed by atoms with Gasteiger partial charge in [0.25, 0.3) is 0 Å². The lowest BCUT2D eigenvalue weighted by Gasteiger charge is -2.08. The SMILES string of the molecule is COc1cc(-c2ccc(Cn3ncc4cc(Cl)cc(C)c43)cn2)ccc1F. The van der Waals surface area contributed by atoms with E-state index in [1.807, 2.05) is 48.3 Å². The largest absolute Gasteiger partial charge is 0.494 e. The van der Waals surface area contributed by atoms with Gasteiger partial charge < -0.3 is 4.74 Å². The summed E-state index contributed by atoms with van der Waals surface area (Å²) in [6.45, 7) is 2.63. The third kappa shape index (κ3) is 3.38. The van der Waals surface area contributed by atoms with E-state index in [0.29, 0.717) is 11.6 Å². The molecule has 0 saturated heterocycles. The van der Waals surface area contributed by atoms with Gasteiger partial charge in [-0.05, 0) is 54.4 Å². The number of benzene rings is 2. The Morgan fingerprint density at radius 2 is 1.96 bits per heavy atom. The van der Waals surface area contributed by atoms with Crippen LogP contribution in [0.15, 0.2) is 54.9 Å². The van der Waals surface area contributed by atoms with Gasteiger partial charge >= 0.3 is 0 Å². The van der Waals surface area contributed by atoms with Crippen molar-refractivity contribution in [3.63, 3.8) is 0 Å². The molecule has 0 saturated carbocycles. The molecule has 0 atom stereocenters. The summed E-state index contributed by atoms with van der Waals surface area (Å²) in [6.07, 6.45) is 3.63. The number of halogens is 2. The van der Waals surface area contributed by atoms with E-state index in [9.17, 15) is 4.39 Å². The minimum absolute atomic E-state index is 0.204. The van der Waals surface area contributed by atoms with Crippen molar-refractivity contribution in [2.75, 3.05) is 7.11 Å². The second kappa shape index (κ2) is 7.00. The van der Waals surface area contributed by atoms with Gasteiger partial charge in [-0.25, -0.2) is 4.39 Å². The molecule has 0 aliphatic carbocycles. The molecule has 136 valence electrons. The van der Waals surface area contributed by atoms with Gasteiger partial charge in [0.2, 0.25) is 0 Å². The first-order valence-corrected chi connectivity index (χ1v) is 8.83. The summed E-state index contributed by atoms with van der Waals surface area (Å²) in [6, 6.07) is 12.5. The van der Waals surface area contributed by atoms with Crippen LogP contribution < -0.4 is 4.74 Å². The number of ether oxygens (including phenoxy) is 1. The summed E-state index contributed by atoms with van der Waals surface area (Å²) in [5.41, 5.74) is 4.72. The quantitative estimate of drug-likeness (QED) is 0.484. The van der Waals surface area contributed by atoms with Crippen LogP contribution in [0.25, 0.3) is 22.2 Å². The van der Waals surface area contributed by atoms with Gasteiger partial charge in [-0.2, -0.15) is 5.10 Å². The lowest BCUT2D eigenvalue weighted by molar-refractivity contribution is 0.387. The lowest BCUT2D eigenvalue weighted by atomic mass is 10.1. The predicted octanol–water partition coefficient (Wildman–Crippen LogP) is 5.26. The number of nitrogens with zero attached hydrogens (tertiary/aromatic N) is 3. The number of pyridine rings is 1. The fourth-order valence-corrected chi connectivity index (χ4v) is 3.48. The fourth-order valence-electron chi connectivity index (χ4n) is 3.20. The zero-order chi connectivity index (χ0) is 19.0. The van der Waals surface area contributed by atoms with E-state index in [1.54, 1.807) is 12.1 Å². The molecule has 2 aromatic carbocycles. The molecule has 4 rings (SSSR count). The molecule has 0 aliphatic heterocycles. The molecule has 0 bridgehead atoms. The highest BCUT2D eigenvalue weighted by Crippen LogP contribution is 2.26. The highest BCUT2D eigenvalue weighted by Gasteiger charge is 2.09. The van der Waals surface area contributed by atoms with Crippen molar-refractivity contribution >= 4 is 22.5 Å². The maximum Gasteiger partial charge on any atom is 0.165 e. The van der Waals surface area contributed by atoms with E-state index >= 15 is 0 Å². The Hall–Kier alpha value is -2.92. The predicted molar refractivity (Wildman–Crippen MR) is 105 cm³/mol. The Morgan fingerprint density at radius 3 is 2.70 bits per heavy atom. The molecule has 0 spiro atoms. The van der Waals surface area contributed by atoms with Crippen LogP contribution in [0.3, 0.4) is 0 Å². The van der Waals surface area contributed by atoms with E-state index in [2.05, 4.69) is 10.1 Å². The standard InChI is InChI=1S/C21H17ClFN3O/c1-13-7-17(22)8-16-11-25-26(21(13)16)12-14-3-6-19(24-10-14)15-4-5-18(23)20(9-15)27-2/h3-11H,12H2,1-2H3. The number of methoxy groups -OCH3 is 1. The van der Waals surface area contributed by atoms with Crippen LogP contribution in [0, 0.1) is 12.7 Å². The third-order valence-electron chi connectivity index (χ3n) is 4.49. The van der Waals surface area contributed by atoms with E-state index in [0.717, 1.165) is 33.3 Å². The topological polar surface area (TPSA) is 39.9 Å². The molecule has 4 nitrogen and oxygen atoms in total. The minimum atomic E-state index is -0.390. The zero-order valence-corrected chi connectivity index (χ0v) is 15.7. The number of fused-ring (bicyclic) bond motifs is 1. The second-order valence-electron chi connectivity index (χ2n) is 6.36. The first-order chi connectivity index (χ1) is 13.0. The number of hydrogen-bond donors (Lipinski definition) is 0. The molecular formula is C21H17ClFN3O. The van der Waals surface area contributed by atoms with Gasteiger partial charge in [0.05, 0.1) is 31.1 Å². The second-order valence-corrected chi connectivity index (χ2v) is 6.80. The van der Waals surface area contributed by atoms with Crippen molar-refractivity contribution in [3.05, 3.63) is 76.8 Å². The highest BCUT2D eigenvalue weighted by molar-refractivity contribution is 6.31. The Kier molecular flexibility index (Phi) is 4.54. The fraction of sp³-hybridized carbons (Fsp3) is 0.143. The van der Waals surface area contributed by atoms with E-state index in [-0.39, 0.29) is 11.6 Å². The van der Waals surface area contributed by atoms with Crippen LogP contribution in [-0.2, 0) is 6.54 Å². The number of rotatable bonds is 4. The van der Waals surface area contributed by atoms with Crippen molar-refractivity contribution in [1.82, 2.24) is 14.8 Å². The van der Waals surface area contributed by atoms with Crippen LogP contribution in [0.1, 0.15) is 11.1 Å². The van der Waals surface area contributed by atoms with E-state index in [1.165, 1.54) is 13.2 Å². The number of aromatic nitrogens is 3. The minimum Gasteiger partial charge on any atom is -0.494 e. The average Bonchev–Trinajstić information content (AvgIpc) is 3.05. The van der Waals surface area contributed by atoms with Gasteiger partial charge in [-0.3, -0.25) is 9.67 Å². The molecule has 0 unspecified atom stereocenters. The van der Waals surface area contributed by atoms with E-state index < -0.39 is 0 Å². The molecular weight excluding hydrogens is 365 g/mol. The average molecular weight is 382 g/mol. The normalized spacial score (nSPS) is 11.1. The third-order valence-corrected chi connectivity index (χ3v) is 4.71. The van der Waals surface area contributed by atoms with Gasteiger partial charge in [0, 0.05) is 22.2 Å². The van der Waals surface area contributed by atoms with Crippen molar-refractivity contribution < 1.29 is 9.13 Å². The van der Waals surface area contributed by atoms with Crippen molar-refractivity contribution in [1.29, 1.82) is 0 Å². The molecule has 0 fully saturated rings. The molecule has 2 heterocycles. The van der Waals surface area contributed by atoms with Crippen LogP contribution >= 0.6 is 11.6 Å².